The van der Waals surface area contributed by atoms with Crippen LogP contribution < -0.4 is 10.2 Å². The fourth-order valence-corrected chi connectivity index (χ4v) is 4.86. The van der Waals surface area contributed by atoms with E-state index in [0.29, 0.717) is 49.4 Å². The fraction of sp³-hybridized carbons (Fsp3) is 0.522. The molecule has 1 aromatic heterocycles. The summed E-state index contributed by atoms with van der Waals surface area (Å²) in [6.45, 7) is 9.86. The van der Waals surface area contributed by atoms with Crippen LogP contribution in [0.4, 0.5) is 5.82 Å². The van der Waals surface area contributed by atoms with Gasteiger partial charge in [0.15, 0.2) is 0 Å². The summed E-state index contributed by atoms with van der Waals surface area (Å²) in [5, 5.41) is 4.47. The van der Waals surface area contributed by atoms with Gasteiger partial charge < -0.3 is 19.9 Å². The van der Waals surface area contributed by atoms with Crippen LogP contribution in [0.15, 0.2) is 24.5 Å². The van der Waals surface area contributed by atoms with E-state index in [9.17, 15) is 4.79 Å². The molecule has 7 nitrogen and oxygen atoms in total. The third-order valence-electron chi connectivity index (χ3n) is 6.08. The number of hydrogen-bond acceptors (Lipinski definition) is 6. The molecule has 2 aliphatic rings. The van der Waals surface area contributed by atoms with Crippen LogP contribution in [0.25, 0.3) is 0 Å². The van der Waals surface area contributed by atoms with Crippen LogP contribution in [0.2, 0.25) is 10.0 Å². The van der Waals surface area contributed by atoms with E-state index in [4.69, 9.17) is 27.9 Å². The zero-order chi connectivity index (χ0) is 22.8. The molecule has 172 valence electrons. The molecule has 4 rings (SSSR count). The first-order valence-electron chi connectivity index (χ1n) is 11.0. The van der Waals surface area contributed by atoms with Crippen molar-refractivity contribution in [2.75, 3.05) is 37.6 Å². The van der Waals surface area contributed by atoms with Crippen molar-refractivity contribution >= 4 is 34.9 Å². The molecule has 0 spiro atoms. The fourth-order valence-electron chi connectivity index (χ4n) is 4.32. The largest absolute Gasteiger partial charge is 0.367 e. The minimum absolute atomic E-state index is 0.0144. The Hall–Kier alpha value is -1.93. The van der Waals surface area contributed by atoms with Crippen LogP contribution in [-0.2, 0) is 16.1 Å². The number of benzene rings is 1. The molecule has 0 aliphatic carbocycles. The average molecular weight is 478 g/mol. The molecular formula is C23H29Cl2N5O2. The summed E-state index contributed by atoms with van der Waals surface area (Å²) in [5.41, 5.74) is 2.83. The number of nitrogens with zero attached hydrogens (tertiary/aromatic N) is 4. The molecule has 2 aliphatic heterocycles. The molecule has 9 heteroatoms. The summed E-state index contributed by atoms with van der Waals surface area (Å²) in [7, 11) is 0. The Balaban J connectivity index is 1.49. The van der Waals surface area contributed by atoms with Gasteiger partial charge in [-0.15, -0.1) is 0 Å². The zero-order valence-electron chi connectivity index (χ0n) is 18.6. The maximum absolute atomic E-state index is 13.6. The predicted molar refractivity (Wildman–Crippen MR) is 126 cm³/mol. The molecule has 3 heterocycles. The monoisotopic (exact) mass is 477 g/mol. The average Bonchev–Trinajstić information content (AvgIpc) is 3.16. The smallest absolute Gasteiger partial charge is 0.231 e. The van der Waals surface area contributed by atoms with Crippen molar-refractivity contribution in [1.29, 1.82) is 0 Å². The summed E-state index contributed by atoms with van der Waals surface area (Å²) in [6.07, 6.45) is 1.59. The number of piperazine rings is 1. The van der Waals surface area contributed by atoms with E-state index in [2.05, 4.69) is 34.0 Å². The highest BCUT2D eigenvalue weighted by molar-refractivity contribution is 6.35. The Labute approximate surface area is 199 Å². The molecule has 1 unspecified atom stereocenters. The molecule has 2 aromatic rings. The van der Waals surface area contributed by atoms with Crippen LogP contribution in [-0.4, -0.2) is 59.5 Å². The SMILES string of the molecule is CC(C)NCC(C(=O)N1CCN(c2ncnc3c2[C@H](C)OC3)CC1)c1ccc(Cl)cc1Cl. The number of carbonyl (C=O) groups excluding carboxylic acids is 1. The number of aromatic nitrogens is 2. The van der Waals surface area contributed by atoms with Gasteiger partial charge in [-0.25, -0.2) is 9.97 Å². The number of anilines is 1. The van der Waals surface area contributed by atoms with Gasteiger partial charge in [-0.05, 0) is 24.6 Å². The third-order valence-corrected chi connectivity index (χ3v) is 6.64. The highest BCUT2D eigenvalue weighted by Crippen LogP contribution is 2.35. The molecule has 32 heavy (non-hydrogen) atoms. The molecule has 1 N–H and O–H groups in total. The maximum Gasteiger partial charge on any atom is 0.231 e. The highest BCUT2D eigenvalue weighted by Gasteiger charge is 2.33. The van der Waals surface area contributed by atoms with Crippen LogP contribution >= 0.6 is 23.2 Å². The second-order valence-electron chi connectivity index (χ2n) is 8.60. The number of rotatable bonds is 6. The van der Waals surface area contributed by atoms with Crippen molar-refractivity contribution in [3.05, 3.63) is 51.4 Å². The van der Waals surface area contributed by atoms with E-state index in [1.807, 2.05) is 17.9 Å². The van der Waals surface area contributed by atoms with Gasteiger partial charge in [-0.3, -0.25) is 4.79 Å². The van der Waals surface area contributed by atoms with E-state index >= 15 is 0 Å². The number of ether oxygens (including phenoxy) is 1. The molecule has 0 bridgehead atoms. The molecule has 1 fully saturated rings. The summed E-state index contributed by atoms with van der Waals surface area (Å²) < 4.78 is 5.74. The number of amides is 1. The summed E-state index contributed by atoms with van der Waals surface area (Å²) in [6, 6.07) is 5.61. The highest BCUT2D eigenvalue weighted by atomic mass is 35.5. The van der Waals surface area contributed by atoms with Gasteiger partial charge in [0.1, 0.15) is 12.1 Å². The van der Waals surface area contributed by atoms with Crippen molar-refractivity contribution < 1.29 is 9.53 Å². The first-order valence-corrected chi connectivity index (χ1v) is 11.8. The number of fused-ring (bicyclic) bond motifs is 1. The van der Waals surface area contributed by atoms with Crippen molar-refractivity contribution in [3.63, 3.8) is 0 Å². The van der Waals surface area contributed by atoms with E-state index in [1.165, 1.54) is 0 Å². The maximum atomic E-state index is 13.6. The minimum Gasteiger partial charge on any atom is -0.367 e. The van der Waals surface area contributed by atoms with E-state index in [0.717, 1.165) is 22.6 Å². The van der Waals surface area contributed by atoms with Crippen molar-refractivity contribution in [1.82, 2.24) is 20.2 Å². The van der Waals surface area contributed by atoms with Gasteiger partial charge in [0.2, 0.25) is 5.91 Å². The third kappa shape index (κ3) is 4.86. The molecular weight excluding hydrogens is 449 g/mol. The van der Waals surface area contributed by atoms with Crippen LogP contribution in [0.3, 0.4) is 0 Å². The second-order valence-corrected chi connectivity index (χ2v) is 9.45. The van der Waals surface area contributed by atoms with E-state index < -0.39 is 0 Å². The number of nitrogens with one attached hydrogen (secondary N) is 1. The normalized spacial score (nSPS) is 19.4. The molecule has 2 atom stereocenters. The molecule has 1 amide bonds. The molecule has 1 aromatic carbocycles. The summed E-state index contributed by atoms with van der Waals surface area (Å²) >= 11 is 12.6. The van der Waals surface area contributed by atoms with Gasteiger partial charge in [0.05, 0.1) is 24.3 Å². The lowest BCUT2D eigenvalue weighted by atomic mass is 9.96. The Morgan fingerprint density at radius 1 is 1.22 bits per heavy atom. The Morgan fingerprint density at radius 3 is 2.66 bits per heavy atom. The van der Waals surface area contributed by atoms with Gasteiger partial charge in [0, 0.05) is 54.4 Å². The number of halogens is 2. The van der Waals surface area contributed by atoms with E-state index in [-0.39, 0.29) is 24.0 Å². The lowest BCUT2D eigenvalue weighted by molar-refractivity contribution is -0.133. The van der Waals surface area contributed by atoms with Crippen LogP contribution in [0, 0.1) is 0 Å². The van der Waals surface area contributed by atoms with Gasteiger partial charge in [0.25, 0.3) is 0 Å². The topological polar surface area (TPSA) is 70.6 Å². The molecule has 1 saturated heterocycles. The zero-order valence-corrected chi connectivity index (χ0v) is 20.2. The van der Waals surface area contributed by atoms with Crippen molar-refractivity contribution in [2.24, 2.45) is 0 Å². The Bertz CT molecular complexity index is 979. The number of carbonyl (C=O) groups is 1. The van der Waals surface area contributed by atoms with E-state index in [1.54, 1.807) is 18.5 Å². The minimum atomic E-state index is -0.370. The lowest BCUT2D eigenvalue weighted by Crippen LogP contribution is -2.51. The van der Waals surface area contributed by atoms with Crippen molar-refractivity contribution in [2.45, 2.75) is 45.4 Å². The van der Waals surface area contributed by atoms with Crippen LogP contribution in [0.5, 0.6) is 0 Å². The van der Waals surface area contributed by atoms with Crippen LogP contribution in [0.1, 0.15) is 49.6 Å². The first kappa shape index (κ1) is 23.2. The van der Waals surface area contributed by atoms with Gasteiger partial charge in [-0.1, -0.05) is 43.1 Å². The second kappa shape index (κ2) is 9.91. The van der Waals surface area contributed by atoms with Gasteiger partial charge in [-0.2, -0.15) is 0 Å². The van der Waals surface area contributed by atoms with Crippen molar-refractivity contribution in [3.8, 4) is 0 Å². The first-order chi connectivity index (χ1) is 15.3. The lowest BCUT2D eigenvalue weighted by Gasteiger charge is -2.38. The number of hydrogen-bond donors (Lipinski definition) is 1. The Kier molecular flexibility index (Phi) is 7.20. The quantitative estimate of drug-likeness (QED) is 0.681. The summed E-state index contributed by atoms with van der Waals surface area (Å²) in [5.74, 6) is 0.628. The summed E-state index contributed by atoms with van der Waals surface area (Å²) in [4.78, 5) is 26.6. The predicted octanol–water partition coefficient (Wildman–Crippen LogP) is 3.81. The molecule has 0 radical (unpaired) electrons. The molecule has 0 saturated carbocycles. The standard InChI is InChI=1S/C23H29Cl2N5O2/c1-14(2)26-11-18(17-5-4-16(24)10-19(17)25)23(31)30-8-6-29(7-9-30)22-21-15(3)32-12-20(21)27-13-28-22/h4-5,10,13-15,18,26H,6-9,11-12H2,1-3H3/t15-,18?/m0/s1. The van der Waals surface area contributed by atoms with Gasteiger partial charge >= 0.3 is 0 Å². The Morgan fingerprint density at radius 2 is 1.97 bits per heavy atom.